The van der Waals surface area contributed by atoms with E-state index in [1.54, 1.807) is 31.2 Å². The van der Waals surface area contributed by atoms with Crippen LogP contribution < -0.4 is 22.1 Å². The Hall–Kier alpha value is -4.19. The number of amidine groups is 1. The monoisotopic (exact) mass is 565 g/mol. The lowest BCUT2D eigenvalue weighted by atomic mass is 10.1. The zero-order valence-corrected chi connectivity index (χ0v) is 22.5. The molecule has 2 rings (SSSR count). The molecule has 1 aromatic carbocycles. The summed E-state index contributed by atoms with van der Waals surface area (Å²) in [4.78, 5) is 37.9. The Morgan fingerprint density at radius 2 is 1.77 bits per heavy atom. The second-order valence-corrected chi connectivity index (χ2v) is 9.34. The minimum absolute atomic E-state index is 0.00218. The number of halogens is 3. The number of oxime groups is 1. The molecule has 1 aromatic rings. The molecule has 0 bridgehead atoms. The van der Waals surface area contributed by atoms with Crippen LogP contribution in [0.5, 0.6) is 0 Å². The van der Waals surface area contributed by atoms with E-state index in [2.05, 4.69) is 22.4 Å². The molecule has 10 nitrogen and oxygen atoms in total. The molecule has 0 spiro atoms. The van der Waals surface area contributed by atoms with Crippen LogP contribution in [0.15, 0.2) is 76.4 Å². The van der Waals surface area contributed by atoms with E-state index in [0.29, 0.717) is 16.2 Å². The number of allylic oxidation sites excluding steroid dienone is 5. The van der Waals surface area contributed by atoms with Crippen LogP contribution >= 0.6 is 11.6 Å². The van der Waals surface area contributed by atoms with Gasteiger partial charge >= 0.3 is 6.09 Å². The Labute approximate surface area is 229 Å². The fraction of sp³-hybridized carbons (Fsp3) is 0.308. The maximum Gasteiger partial charge on any atom is 0.412 e. The van der Waals surface area contributed by atoms with Gasteiger partial charge in [0.05, 0.1) is 0 Å². The number of nitrogens with one attached hydrogen (secondary N) is 2. The number of nitrogens with zero attached hydrogens (tertiary/aromatic N) is 1. The Kier molecular flexibility index (Phi) is 10.0. The number of carbonyl (C=O) groups is 3. The third-order valence-corrected chi connectivity index (χ3v) is 6.17. The van der Waals surface area contributed by atoms with Crippen molar-refractivity contribution in [3.63, 3.8) is 0 Å². The smallest absolute Gasteiger partial charge is 0.412 e. The third kappa shape index (κ3) is 7.44. The minimum Gasteiger partial charge on any atom is -0.441 e. The van der Waals surface area contributed by atoms with Gasteiger partial charge in [-0.3, -0.25) is 14.9 Å². The van der Waals surface area contributed by atoms with Gasteiger partial charge in [0.1, 0.15) is 29.5 Å². The molecule has 1 saturated carbocycles. The maximum absolute atomic E-state index is 14.0. The predicted octanol–water partition coefficient (Wildman–Crippen LogP) is 4.04. The first-order valence-electron chi connectivity index (χ1n) is 11.6. The van der Waals surface area contributed by atoms with Gasteiger partial charge in [0.25, 0.3) is 5.92 Å². The van der Waals surface area contributed by atoms with Gasteiger partial charge < -0.3 is 26.7 Å². The Morgan fingerprint density at radius 1 is 1.15 bits per heavy atom. The first-order chi connectivity index (χ1) is 18.1. The summed E-state index contributed by atoms with van der Waals surface area (Å²) in [7, 11) is 0. The van der Waals surface area contributed by atoms with Crippen LogP contribution in [0.1, 0.15) is 39.4 Å². The number of hydrogen-bond acceptors (Lipinski definition) is 7. The first kappa shape index (κ1) is 31.0. The van der Waals surface area contributed by atoms with Crippen LogP contribution in [-0.4, -0.2) is 34.7 Å². The van der Waals surface area contributed by atoms with Crippen molar-refractivity contribution < 1.29 is 33.1 Å². The lowest BCUT2D eigenvalue weighted by Gasteiger charge is -2.17. The van der Waals surface area contributed by atoms with E-state index in [1.807, 2.05) is 0 Å². The summed E-state index contributed by atoms with van der Waals surface area (Å²) in [6.07, 6.45) is 0.903. The number of nitrogens with two attached hydrogens (primary N) is 2. The number of hydrogen-bond donors (Lipinski definition) is 5. The topological polar surface area (TPSA) is 169 Å². The Bertz CT molecular complexity index is 1300. The maximum atomic E-state index is 14.0. The fourth-order valence-electron chi connectivity index (χ4n) is 3.56. The zero-order valence-electron chi connectivity index (χ0n) is 21.7. The molecule has 39 heavy (non-hydrogen) atoms. The van der Waals surface area contributed by atoms with Gasteiger partial charge in [0, 0.05) is 22.0 Å². The number of benzene rings is 1. The normalized spacial score (nSPS) is 20.3. The van der Waals surface area contributed by atoms with E-state index in [9.17, 15) is 23.2 Å². The van der Waals surface area contributed by atoms with Crippen molar-refractivity contribution in [3.05, 3.63) is 81.8 Å². The number of ether oxygens (including phenoxy) is 1. The van der Waals surface area contributed by atoms with Crippen molar-refractivity contribution in [1.29, 1.82) is 0 Å². The molecule has 0 aromatic heterocycles. The molecule has 2 amide bonds. The lowest BCUT2D eigenvalue weighted by Crippen LogP contribution is -2.31. The highest BCUT2D eigenvalue weighted by molar-refractivity contribution is 6.31. The van der Waals surface area contributed by atoms with Crippen LogP contribution in [0.2, 0.25) is 5.02 Å². The SMILES string of the molecule is C=C(C)/C(=C\C=C(/C)C(=O)/C(NC(=O)OC(C)c1ccccc1Cl)=C(/C)N)NC(=O)C1C(/C(N)=N/O)C1(F)F. The van der Waals surface area contributed by atoms with Crippen LogP contribution in [0.3, 0.4) is 0 Å². The largest absolute Gasteiger partial charge is 0.441 e. The van der Waals surface area contributed by atoms with Gasteiger partial charge in [-0.15, -0.1) is 0 Å². The standard InChI is InChI=1S/C26H30ClF2N5O5/c1-12(2)18(32-24(36)20-19(23(31)34-38)26(20,28)29)11-10-13(3)22(35)21(14(4)30)33-25(37)39-15(5)16-8-6-7-9-17(16)27/h6-11,15,19-20,38H,1,30H2,2-5H3,(H2,31,34)(H,32,36)(H,33,37)/b13-10+,18-11+,21-14+. The summed E-state index contributed by atoms with van der Waals surface area (Å²) in [5.41, 5.74) is 11.8. The summed E-state index contributed by atoms with van der Waals surface area (Å²) < 4.78 is 33.3. The summed E-state index contributed by atoms with van der Waals surface area (Å²) in [5.74, 6) is -9.55. The fourth-order valence-corrected chi connectivity index (χ4v) is 3.85. The highest BCUT2D eigenvalue weighted by Crippen LogP contribution is 2.55. The van der Waals surface area contributed by atoms with Crippen molar-refractivity contribution in [1.82, 2.24) is 10.6 Å². The quantitative estimate of drug-likeness (QED) is 0.0712. The Morgan fingerprint density at radius 3 is 2.31 bits per heavy atom. The summed E-state index contributed by atoms with van der Waals surface area (Å²) >= 11 is 6.13. The highest BCUT2D eigenvalue weighted by Gasteiger charge is 2.74. The number of ketones is 1. The van der Waals surface area contributed by atoms with Crippen LogP contribution in [0, 0.1) is 11.8 Å². The average molecular weight is 566 g/mol. The molecule has 3 atom stereocenters. The molecule has 1 aliphatic carbocycles. The second kappa shape index (κ2) is 12.6. The molecular formula is C26H30ClF2N5O5. The van der Waals surface area contributed by atoms with Crippen molar-refractivity contribution in [2.75, 3.05) is 0 Å². The molecule has 7 N–H and O–H groups in total. The summed E-state index contributed by atoms with van der Waals surface area (Å²) in [5, 5.41) is 16.3. The van der Waals surface area contributed by atoms with Crippen LogP contribution in [-0.2, 0) is 14.3 Å². The van der Waals surface area contributed by atoms with Gasteiger partial charge in [-0.05, 0) is 51.0 Å². The first-order valence-corrected chi connectivity index (χ1v) is 11.9. The van der Waals surface area contributed by atoms with Crippen molar-refractivity contribution in [3.8, 4) is 0 Å². The van der Waals surface area contributed by atoms with Crippen molar-refractivity contribution in [2.24, 2.45) is 28.5 Å². The van der Waals surface area contributed by atoms with Gasteiger partial charge in [-0.2, -0.15) is 0 Å². The molecule has 0 aliphatic heterocycles. The van der Waals surface area contributed by atoms with Gasteiger partial charge in [-0.1, -0.05) is 47.6 Å². The van der Waals surface area contributed by atoms with Gasteiger partial charge in [0.2, 0.25) is 11.7 Å². The molecule has 210 valence electrons. The van der Waals surface area contributed by atoms with E-state index in [0.717, 1.165) is 0 Å². The molecule has 0 radical (unpaired) electrons. The molecule has 0 saturated heterocycles. The lowest BCUT2D eigenvalue weighted by molar-refractivity contribution is -0.123. The molecule has 1 aliphatic rings. The molecule has 1 fully saturated rings. The zero-order chi connectivity index (χ0) is 29.7. The van der Waals surface area contributed by atoms with Gasteiger partial charge in [-0.25, -0.2) is 13.6 Å². The number of alkyl halides is 2. The van der Waals surface area contributed by atoms with E-state index >= 15 is 0 Å². The van der Waals surface area contributed by atoms with E-state index in [1.165, 1.54) is 32.9 Å². The molecule has 13 heteroatoms. The van der Waals surface area contributed by atoms with E-state index in [4.69, 9.17) is 33.0 Å². The van der Waals surface area contributed by atoms with Crippen molar-refractivity contribution >= 4 is 35.2 Å². The average Bonchev–Trinajstić information content (AvgIpc) is 3.45. The number of carbonyl (C=O) groups excluding carboxylic acids is 3. The van der Waals surface area contributed by atoms with E-state index in [-0.39, 0.29) is 22.7 Å². The predicted molar refractivity (Wildman–Crippen MR) is 142 cm³/mol. The number of amides is 2. The summed E-state index contributed by atoms with van der Waals surface area (Å²) in [6.45, 7) is 9.63. The van der Waals surface area contributed by atoms with E-state index < -0.39 is 47.5 Å². The second-order valence-electron chi connectivity index (χ2n) is 8.94. The number of alkyl carbamates (subject to hydrolysis) is 1. The number of rotatable bonds is 10. The van der Waals surface area contributed by atoms with Crippen LogP contribution in [0.25, 0.3) is 0 Å². The van der Waals surface area contributed by atoms with Crippen molar-refractivity contribution in [2.45, 2.75) is 39.7 Å². The highest BCUT2D eigenvalue weighted by atomic mass is 35.5. The summed E-state index contributed by atoms with van der Waals surface area (Å²) in [6, 6.07) is 6.79. The number of Topliss-reactive ketones (excluding diaryl/α,β-unsaturated/α-hetero) is 1. The molecule has 3 unspecified atom stereocenters. The van der Waals surface area contributed by atoms with Gasteiger partial charge in [0.15, 0.2) is 0 Å². The Balaban J connectivity index is 2.15. The van der Waals surface area contributed by atoms with Crippen LogP contribution in [0.4, 0.5) is 13.6 Å². The third-order valence-electron chi connectivity index (χ3n) is 5.82. The molecule has 0 heterocycles. The minimum atomic E-state index is -3.48. The molecular weight excluding hydrogens is 536 g/mol.